The third-order valence-corrected chi connectivity index (χ3v) is 3.85. The lowest BCUT2D eigenvalue weighted by atomic mass is 9.98. The second kappa shape index (κ2) is 5.57. The van der Waals surface area contributed by atoms with Gasteiger partial charge in [-0.2, -0.15) is 0 Å². The molecule has 0 saturated carbocycles. The number of nitro benzene ring substituents is 1. The summed E-state index contributed by atoms with van der Waals surface area (Å²) < 4.78 is 0. The van der Waals surface area contributed by atoms with Gasteiger partial charge in [0.2, 0.25) is 0 Å². The van der Waals surface area contributed by atoms with Gasteiger partial charge in [0, 0.05) is 36.4 Å². The summed E-state index contributed by atoms with van der Waals surface area (Å²) in [6.07, 6.45) is 2.14. The van der Waals surface area contributed by atoms with Crippen LogP contribution in [0.5, 0.6) is 0 Å². The third kappa shape index (κ3) is 3.44. The van der Waals surface area contributed by atoms with Crippen LogP contribution in [0.3, 0.4) is 0 Å². The van der Waals surface area contributed by atoms with Crippen LogP contribution >= 0.6 is 0 Å². The van der Waals surface area contributed by atoms with Crippen molar-refractivity contribution in [3.05, 3.63) is 33.9 Å². The number of aryl methyl sites for hydroxylation is 1. The first kappa shape index (κ1) is 13.8. The molecule has 0 bridgehead atoms. The molecule has 2 rings (SSSR count). The number of hydrogen-bond donors (Lipinski definition) is 1. The molecule has 2 atom stereocenters. The third-order valence-electron chi connectivity index (χ3n) is 3.85. The van der Waals surface area contributed by atoms with Gasteiger partial charge in [-0.15, -0.1) is 0 Å². The Kier molecular flexibility index (Phi) is 4.04. The van der Waals surface area contributed by atoms with Gasteiger partial charge in [-0.1, -0.05) is 0 Å². The van der Waals surface area contributed by atoms with Gasteiger partial charge in [-0.05, 0) is 45.4 Å². The normalized spacial score (nSPS) is 24.2. The largest absolute Gasteiger partial charge is 0.382 e. The topological polar surface area (TPSA) is 58.4 Å². The molecule has 0 aliphatic carbocycles. The minimum absolute atomic E-state index is 0.156. The number of non-ortho nitro benzene ring substituents is 1. The summed E-state index contributed by atoms with van der Waals surface area (Å²) in [5, 5.41) is 14.3. The number of likely N-dealkylation sites (tertiary alicyclic amines) is 1. The van der Waals surface area contributed by atoms with Crippen molar-refractivity contribution in [2.45, 2.75) is 38.8 Å². The number of nitrogens with zero attached hydrogens (tertiary/aromatic N) is 2. The lowest BCUT2D eigenvalue weighted by Crippen LogP contribution is -2.42. The maximum absolute atomic E-state index is 10.9. The Morgan fingerprint density at radius 3 is 2.79 bits per heavy atom. The zero-order valence-corrected chi connectivity index (χ0v) is 11.7. The van der Waals surface area contributed by atoms with Crippen LogP contribution < -0.4 is 5.32 Å². The van der Waals surface area contributed by atoms with Gasteiger partial charge in [0.05, 0.1) is 4.92 Å². The van der Waals surface area contributed by atoms with E-state index in [0.29, 0.717) is 12.1 Å². The van der Waals surface area contributed by atoms with Crippen molar-refractivity contribution in [2.24, 2.45) is 0 Å². The predicted octanol–water partition coefficient (Wildman–Crippen LogP) is 2.80. The van der Waals surface area contributed by atoms with Gasteiger partial charge in [0.1, 0.15) is 0 Å². The van der Waals surface area contributed by atoms with Crippen LogP contribution in [0.1, 0.15) is 25.3 Å². The Bertz CT molecular complexity index is 476. The number of hydrogen-bond acceptors (Lipinski definition) is 4. The van der Waals surface area contributed by atoms with E-state index in [4.69, 9.17) is 0 Å². The highest BCUT2D eigenvalue weighted by Gasteiger charge is 2.22. The van der Waals surface area contributed by atoms with Crippen LogP contribution in [-0.2, 0) is 0 Å². The first-order valence-electron chi connectivity index (χ1n) is 6.68. The highest BCUT2D eigenvalue weighted by atomic mass is 16.6. The van der Waals surface area contributed by atoms with E-state index >= 15 is 0 Å². The molecule has 1 fully saturated rings. The molecule has 1 aliphatic rings. The Labute approximate surface area is 113 Å². The second-order valence-electron chi connectivity index (χ2n) is 5.51. The minimum atomic E-state index is -0.338. The Morgan fingerprint density at radius 2 is 2.16 bits per heavy atom. The van der Waals surface area contributed by atoms with Gasteiger partial charge in [0.25, 0.3) is 5.69 Å². The molecule has 1 aliphatic heterocycles. The molecular formula is C14H21N3O2. The maximum Gasteiger partial charge on any atom is 0.271 e. The summed E-state index contributed by atoms with van der Waals surface area (Å²) in [6.45, 7) is 5.16. The van der Waals surface area contributed by atoms with Crippen molar-refractivity contribution >= 4 is 11.4 Å². The monoisotopic (exact) mass is 263 g/mol. The quantitative estimate of drug-likeness (QED) is 0.673. The molecule has 104 valence electrons. The fraction of sp³-hybridized carbons (Fsp3) is 0.571. The fourth-order valence-corrected chi connectivity index (χ4v) is 2.61. The highest BCUT2D eigenvalue weighted by Crippen LogP contribution is 2.24. The molecular weight excluding hydrogens is 242 g/mol. The zero-order chi connectivity index (χ0) is 14.0. The Morgan fingerprint density at radius 1 is 1.42 bits per heavy atom. The molecule has 0 aromatic heterocycles. The number of benzene rings is 1. The number of anilines is 1. The van der Waals surface area contributed by atoms with E-state index in [2.05, 4.69) is 24.2 Å². The molecule has 1 saturated heterocycles. The SMILES string of the molecule is Cc1cc(NC2CCN(C)C(C)C2)cc([N+](=O)[O-])c1. The average Bonchev–Trinajstić information content (AvgIpc) is 2.33. The number of piperidine rings is 1. The smallest absolute Gasteiger partial charge is 0.271 e. The van der Waals surface area contributed by atoms with Crippen molar-refractivity contribution in [1.82, 2.24) is 4.90 Å². The first-order valence-corrected chi connectivity index (χ1v) is 6.68. The molecule has 1 heterocycles. The highest BCUT2D eigenvalue weighted by molar-refractivity contribution is 5.54. The van der Waals surface area contributed by atoms with Crippen molar-refractivity contribution in [3.8, 4) is 0 Å². The van der Waals surface area contributed by atoms with Gasteiger partial charge in [-0.25, -0.2) is 0 Å². The molecule has 1 aromatic carbocycles. The number of nitro groups is 1. The summed E-state index contributed by atoms with van der Waals surface area (Å²) in [5.74, 6) is 0. The molecule has 5 nitrogen and oxygen atoms in total. The van der Waals surface area contributed by atoms with Crippen LogP contribution in [0.15, 0.2) is 18.2 Å². The zero-order valence-electron chi connectivity index (χ0n) is 11.7. The average molecular weight is 263 g/mol. The van der Waals surface area contributed by atoms with Gasteiger partial charge < -0.3 is 10.2 Å². The summed E-state index contributed by atoms with van der Waals surface area (Å²) in [6, 6.07) is 6.13. The van der Waals surface area contributed by atoms with E-state index < -0.39 is 0 Å². The number of nitrogens with one attached hydrogen (secondary N) is 1. The molecule has 5 heteroatoms. The molecule has 1 N–H and O–H groups in total. The van der Waals surface area contributed by atoms with Crippen LogP contribution in [0.25, 0.3) is 0 Å². The summed E-state index contributed by atoms with van der Waals surface area (Å²) in [4.78, 5) is 12.9. The van der Waals surface area contributed by atoms with Gasteiger partial charge in [0.15, 0.2) is 0 Å². The van der Waals surface area contributed by atoms with E-state index in [1.165, 1.54) is 0 Å². The molecule has 0 radical (unpaired) electrons. The van der Waals surface area contributed by atoms with E-state index in [9.17, 15) is 10.1 Å². The standard InChI is InChI=1S/C14H21N3O2/c1-10-6-13(9-14(7-10)17(18)19)15-12-4-5-16(3)11(2)8-12/h6-7,9,11-12,15H,4-5,8H2,1-3H3. The lowest BCUT2D eigenvalue weighted by Gasteiger charge is -2.35. The van der Waals surface area contributed by atoms with E-state index in [1.54, 1.807) is 12.1 Å². The Hall–Kier alpha value is -1.62. The van der Waals surface area contributed by atoms with Gasteiger partial charge in [-0.3, -0.25) is 10.1 Å². The van der Waals surface area contributed by atoms with Crippen LogP contribution in [0.4, 0.5) is 11.4 Å². The molecule has 0 spiro atoms. The molecule has 2 unspecified atom stereocenters. The summed E-state index contributed by atoms with van der Waals surface area (Å²) in [7, 11) is 2.14. The van der Waals surface area contributed by atoms with Crippen LogP contribution in [0, 0.1) is 17.0 Å². The summed E-state index contributed by atoms with van der Waals surface area (Å²) in [5.41, 5.74) is 1.93. The van der Waals surface area contributed by atoms with Crippen LogP contribution in [0.2, 0.25) is 0 Å². The van der Waals surface area contributed by atoms with Crippen molar-refractivity contribution in [1.29, 1.82) is 0 Å². The molecule has 1 aromatic rings. The van der Waals surface area contributed by atoms with E-state index in [-0.39, 0.29) is 10.6 Å². The Balaban J connectivity index is 2.09. The first-order chi connectivity index (χ1) is 8.95. The van der Waals surface area contributed by atoms with E-state index in [1.807, 2.05) is 13.0 Å². The summed E-state index contributed by atoms with van der Waals surface area (Å²) >= 11 is 0. The fourth-order valence-electron chi connectivity index (χ4n) is 2.61. The van der Waals surface area contributed by atoms with Crippen molar-refractivity contribution < 1.29 is 4.92 Å². The van der Waals surface area contributed by atoms with E-state index in [0.717, 1.165) is 30.6 Å². The van der Waals surface area contributed by atoms with Gasteiger partial charge >= 0.3 is 0 Å². The lowest BCUT2D eigenvalue weighted by molar-refractivity contribution is -0.384. The van der Waals surface area contributed by atoms with Crippen LogP contribution in [-0.4, -0.2) is 35.5 Å². The predicted molar refractivity (Wildman–Crippen MR) is 76.6 cm³/mol. The molecule has 0 amide bonds. The number of rotatable bonds is 3. The maximum atomic E-state index is 10.9. The van der Waals surface area contributed by atoms with Crippen molar-refractivity contribution in [2.75, 3.05) is 18.9 Å². The second-order valence-corrected chi connectivity index (χ2v) is 5.51. The minimum Gasteiger partial charge on any atom is -0.382 e. The molecule has 19 heavy (non-hydrogen) atoms. The van der Waals surface area contributed by atoms with Crippen molar-refractivity contribution in [3.63, 3.8) is 0 Å².